The molecule has 0 saturated heterocycles. The maximum atomic E-state index is 6.23. The van der Waals surface area contributed by atoms with E-state index in [1.807, 2.05) is 12.1 Å². The van der Waals surface area contributed by atoms with Crippen LogP contribution in [0.15, 0.2) is 223 Å². The number of nitrogens with zero attached hydrogens (tertiary/aromatic N) is 1. The minimum absolute atomic E-state index is 0.450. The molecule has 1 aromatic heterocycles. The predicted octanol–water partition coefficient (Wildman–Crippen LogP) is 16.8. The number of rotatable bonds is 4. The van der Waals surface area contributed by atoms with Crippen LogP contribution in [-0.2, 0) is 5.41 Å². The van der Waals surface area contributed by atoms with Gasteiger partial charge in [0.15, 0.2) is 0 Å². The molecule has 0 atom stereocenters. The van der Waals surface area contributed by atoms with Gasteiger partial charge in [-0.1, -0.05) is 170 Å². The molecular formula is C62H39NO. The number of fused-ring (bicyclic) bond motifs is 19. The predicted molar refractivity (Wildman–Crippen MR) is 267 cm³/mol. The van der Waals surface area contributed by atoms with E-state index in [4.69, 9.17) is 4.42 Å². The van der Waals surface area contributed by atoms with Crippen LogP contribution < -0.4 is 4.90 Å². The summed E-state index contributed by atoms with van der Waals surface area (Å²) in [6, 6.07) is 81.0. The van der Waals surface area contributed by atoms with Crippen LogP contribution in [0, 0.1) is 6.92 Å². The molecule has 11 aromatic carbocycles. The lowest BCUT2D eigenvalue weighted by Crippen LogP contribution is -2.26. The van der Waals surface area contributed by atoms with Crippen LogP contribution in [0.2, 0.25) is 0 Å². The summed E-state index contributed by atoms with van der Waals surface area (Å²) >= 11 is 0. The van der Waals surface area contributed by atoms with Gasteiger partial charge in [-0.25, -0.2) is 0 Å². The van der Waals surface area contributed by atoms with E-state index in [0.29, 0.717) is 0 Å². The normalized spacial score (nSPS) is 13.2. The van der Waals surface area contributed by atoms with E-state index in [1.165, 1.54) is 93.5 Å². The maximum absolute atomic E-state index is 6.23. The molecule has 0 fully saturated rings. The fourth-order valence-corrected chi connectivity index (χ4v) is 11.7. The highest BCUT2D eigenvalue weighted by Crippen LogP contribution is 2.64. The third kappa shape index (κ3) is 4.69. The summed E-state index contributed by atoms with van der Waals surface area (Å²) in [4.78, 5) is 2.54. The minimum atomic E-state index is -0.450. The molecule has 0 saturated carbocycles. The van der Waals surface area contributed by atoms with Gasteiger partial charge in [0.2, 0.25) is 0 Å². The second-order valence-electron chi connectivity index (χ2n) is 17.6. The molecule has 64 heavy (non-hydrogen) atoms. The van der Waals surface area contributed by atoms with Gasteiger partial charge in [-0.15, -0.1) is 0 Å². The van der Waals surface area contributed by atoms with Crippen molar-refractivity contribution in [2.24, 2.45) is 0 Å². The molecule has 0 N–H and O–H groups in total. The molecule has 0 bridgehead atoms. The number of aryl methyl sites for hydroxylation is 1. The van der Waals surface area contributed by atoms with E-state index < -0.39 is 5.41 Å². The Hall–Kier alpha value is -8.20. The molecule has 2 heteroatoms. The topological polar surface area (TPSA) is 16.4 Å². The summed E-state index contributed by atoms with van der Waals surface area (Å²) in [6.45, 7) is 2.27. The smallest absolute Gasteiger partial charge is 0.135 e. The van der Waals surface area contributed by atoms with Gasteiger partial charge in [0, 0.05) is 27.7 Å². The van der Waals surface area contributed by atoms with Crippen LogP contribution in [0.1, 0.15) is 27.8 Å². The highest BCUT2D eigenvalue weighted by molar-refractivity contribution is 6.26. The molecule has 2 nitrogen and oxygen atoms in total. The van der Waals surface area contributed by atoms with Crippen molar-refractivity contribution in [2.75, 3.05) is 4.90 Å². The quantitative estimate of drug-likeness (QED) is 0.165. The zero-order valence-electron chi connectivity index (χ0n) is 35.1. The second kappa shape index (κ2) is 13.2. The molecule has 0 radical (unpaired) electrons. The summed E-state index contributed by atoms with van der Waals surface area (Å²) < 4.78 is 6.23. The van der Waals surface area contributed by atoms with Crippen LogP contribution in [-0.4, -0.2) is 0 Å². The van der Waals surface area contributed by atoms with Crippen molar-refractivity contribution in [3.05, 3.63) is 246 Å². The van der Waals surface area contributed by atoms with Crippen LogP contribution in [0.4, 0.5) is 17.1 Å². The van der Waals surface area contributed by atoms with Gasteiger partial charge in [-0.3, -0.25) is 0 Å². The molecule has 1 heterocycles. The standard InChI is InChI=1S/C62H39NO/c1-38-35-39(40-30-34-60-52(36-40)49-21-9-13-28-59(49)64-60)29-33-57(38)63(41-31-32-46-44-17-3-2-15-42(44)43-16-4-5-18-45(43)51(46)37-41)58-27-14-26-56-61(58)50-22-8-12-25-55(50)62(56)53-23-10-6-19-47(53)48-20-7-11-24-54(48)62/h2-37H,1H3. The van der Waals surface area contributed by atoms with Gasteiger partial charge in [0.05, 0.1) is 11.1 Å². The summed E-state index contributed by atoms with van der Waals surface area (Å²) in [6.07, 6.45) is 0. The Labute approximate surface area is 370 Å². The van der Waals surface area contributed by atoms with E-state index in [-0.39, 0.29) is 0 Å². The second-order valence-corrected chi connectivity index (χ2v) is 17.6. The Bertz CT molecular complexity index is 3860. The fraction of sp³-hybridized carbons (Fsp3) is 0.0323. The number of hydrogen-bond acceptors (Lipinski definition) is 2. The molecule has 2 aliphatic carbocycles. The summed E-state index contributed by atoms with van der Waals surface area (Å²) in [5.74, 6) is 0. The van der Waals surface area contributed by atoms with E-state index in [0.717, 1.165) is 39.0 Å². The SMILES string of the molecule is Cc1cc(-c2ccc3oc4ccccc4c3c2)ccc1N(c1ccc2c3ccccc3c3ccccc3c2c1)c1cccc2c1-c1ccccc1C21c2ccccc2-c2ccccc21. The van der Waals surface area contributed by atoms with Crippen molar-refractivity contribution in [1.29, 1.82) is 0 Å². The first-order valence-electron chi connectivity index (χ1n) is 22.3. The highest BCUT2D eigenvalue weighted by atomic mass is 16.3. The summed E-state index contributed by atoms with van der Waals surface area (Å²) in [7, 11) is 0. The molecule has 1 spiro atoms. The lowest BCUT2D eigenvalue weighted by atomic mass is 9.70. The Morgan fingerprint density at radius 3 is 1.55 bits per heavy atom. The van der Waals surface area contributed by atoms with Crippen molar-refractivity contribution in [2.45, 2.75) is 12.3 Å². The maximum Gasteiger partial charge on any atom is 0.135 e. The zero-order valence-corrected chi connectivity index (χ0v) is 35.1. The molecule has 0 unspecified atom stereocenters. The third-order valence-corrected chi connectivity index (χ3v) is 14.4. The number of benzene rings is 11. The van der Waals surface area contributed by atoms with Crippen molar-refractivity contribution in [3.63, 3.8) is 0 Å². The van der Waals surface area contributed by atoms with Crippen LogP contribution in [0.5, 0.6) is 0 Å². The molecule has 0 amide bonds. The van der Waals surface area contributed by atoms with Gasteiger partial charge in [0.25, 0.3) is 0 Å². The molecule has 2 aliphatic rings. The summed E-state index contributed by atoms with van der Waals surface area (Å²) in [5, 5.41) is 9.86. The van der Waals surface area contributed by atoms with E-state index in [1.54, 1.807) is 0 Å². The minimum Gasteiger partial charge on any atom is -0.456 e. The van der Waals surface area contributed by atoms with Gasteiger partial charge in [-0.2, -0.15) is 0 Å². The first kappa shape index (κ1) is 35.4. The third-order valence-electron chi connectivity index (χ3n) is 14.4. The number of anilines is 3. The van der Waals surface area contributed by atoms with Gasteiger partial charge in [0.1, 0.15) is 11.2 Å². The van der Waals surface area contributed by atoms with Gasteiger partial charge >= 0.3 is 0 Å². The first-order valence-corrected chi connectivity index (χ1v) is 22.3. The largest absolute Gasteiger partial charge is 0.456 e. The average Bonchev–Trinajstić information content (AvgIpc) is 3.99. The zero-order chi connectivity index (χ0) is 42.1. The number of para-hydroxylation sites is 1. The Kier molecular flexibility index (Phi) is 7.28. The van der Waals surface area contributed by atoms with Crippen LogP contribution in [0.3, 0.4) is 0 Å². The van der Waals surface area contributed by atoms with Gasteiger partial charge in [-0.05, 0) is 143 Å². The Balaban J connectivity index is 1.04. The lowest BCUT2D eigenvalue weighted by Gasteiger charge is -2.32. The van der Waals surface area contributed by atoms with E-state index in [2.05, 4.69) is 218 Å². The van der Waals surface area contributed by atoms with Crippen LogP contribution >= 0.6 is 0 Å². The molecule has 0 aliphatic heterocycles. The van der Waals surface area contributed by atoms with E-state index >= 15 is 0 Å². The monoisotopic (exact) mass is 813 g/mol. The highest BCUT2D eigenvalue weighted by Gasteiger charge is 2.52. The number of furan rings is 1. The summed E-state index contributed by atoms with van der Waals surface area (Å²) in [5.41, 5.74) is 18.8. The molecular weight excluding hydrogens is 775 g/mol. The van der Waals surface area contributed by atoms with Crippen LogP contribution in [0.25, 0.3) is 87.6 Å². The fourth-order valence-electron chi connectivity index (χ4n) is 11.7. The van der Waals surface area contributed by atoms with Crippen molar-refractivity contribution in [3.8, 4) is 33.4 Å². The number of hydrogen-bond donors (Lipinski definition) is 0. The van der Waals surface area contributed by atoms with Crippen molar-refractivity contribution in [1.82, 2.24) is 0 Å². The molecule has 298 valence electrons. The van der Waals surface area contributed by atoms with E-state index in [9.17, 15) is 0 Å². The Morgan fingerprint density at radius 1 is 0.344 bits per heavy atom. The molecule has 12 aromatic rings. The van der Waals surface area contributed by atoms with Gasteiger partial charge < -0.3 is 9.32 Å². The average molecular weight is 814 g/mol. The van der Waals surface area contributed by atoms with Crippen molar-refractivity contribution < 1.29 is 4.42 Å². The lowest BCUT2D eigenvalue weighted by molar-refractivity contribution is 0.669. The first-order chi connectivity index (χ1) is 31.7. The molecule has 14 rings (SSSR count). The Morgan fingerprint density at radius 2 is 0.859 bits per heavy atom. The van der Waals surface area contributed by atoms with Crippen molar-refractivity contribution >= 4 is 71.3 Å².